The number of aryl methyl sites for hydroxylation is 1. The monoisotopic (exact) mass is 378 g/mol. The number of benzene rings is 1. The van der Waals surface area contributed by atoms with Crippen LogP contribution in [0.25, 0.3) is 0 Å². The van der Waals surface area contributed by atoms with Gasteiger partial charge in [0.25, 0.3) is 5.91 Å². The van der Waals surface area contributed by atoms with Gasteiger partial charge >= 0.3 is 12.1 Å². The van der Waals surface area contributed by atoms with Crippen molar-refractivity contribution in [2.24, 2.45) is 0 Å². The molecule has 0 unspecified atom stereocenters. The van der Waals surface area contributed by atoms with E-state index in [4.69, 9.17) is 9.47 Å². The molecule has 2 amide bonds. The Morgan fingerprint density at radius 3 is 2.30 bits per heavy atom. The van der Waals surface area contributed by atoms with E-state index >= 15 is 0 Å². The molecule has 7 nitrogen and oxygen atoms in total. The van der Waals surface area contributed by atoms with E-state index in [1.807, 2.05) is 31.2 Å². The standard InChI is InChI=1S/C20H30N2O5/c1-6-15-7-9-16(10-8-15)14(2)22-17(23)13-26-18(24)11-12-21-19(25)27-20(3,4)5/h7-10,14H,6,11-13H2,1-5H3,(H,21,25)(H,22,23)/t14-/m0/s1. The average Bonchev–Trinajstić information content (AvgIpc) is 2.58. The minimum absolute atomic E-state index is 0.0411. The predicted molar refractivity (Wildman–Crippen MR) is 102 cm³/mol. The maximum Gasteiger partial charge on any atom is 0.407 e. The van der Waals surface area contributed by atoms with Crippen LogP contribution in [0.2, 0.25) is 0 Å². The topological polar surface area (TPSA) is 93.7 Å². The molecule has 0 saturated carbocycles. The van der Waals surface area contributed by atoms with Gasteiger partial charge in [-0.3, -0.25) is 9.59 Å². The molecule has 150 valence electrons. The molecule has 0 aliphatic carbocycles. The third-order valence-corrected chi connectivity index (χ3v) is 3.63. The van der Waals surface area contributed by atoms with Crippen LogP contribution in [0.5, 0.6) is 0 Å². The Balaban J connectivity index is 2.26. The van der Waals surface area contributed by atoms with Gasteiger partial charge in [0, 0.05) is 6.54 Å². The van der Waals surface area contributed by atoms with Gasteiger partial charge in [0.05, 0.1) is 12.5 Å². The number of nitrogens with one attached hydrogen (secondary N) is 2. The fraction of sp³-hybridized carbons (Fsp3) is 0.550. The van der Waals surface area contributed by atoms with Gasteiger partial charge in [-0.05, 0) is 45.2 Å². The Labute approximate surface area is 160 Å². The number of hydrogen-bond donors (Lipinski definition) is 2. The highest BCUT2D eigenvalue weighted by atomic mass is 16.6. The van der Waals surface area contributed by atoms with Crippen LogP contribution >= 0.6 is 0 Å². The van der Waals surface area contributed by atoms with E-state index < -0.39 is 17.7 Å². The number of carbonyl (C=O) groups is 3. The van der Waals surface area contributed by atoms with Gasteiger partial charge < -0.3 is 20.1 Å². The molecule has 0 aliphatic heterocycles. The Kier molecular flexibility index (Phi) is 8.78. The average molecular weight is 378 g/mol. The van der Waals surface area contributed by atoms with Crippen LogP contribution in [0.15, 0.2) is 24.3 Å². The van der Waals surface area contributed by atoms with E-state index in [1.165, 1.54) is 5.56 Å². The first-order valence-corrected chi connectivity index (χ1v) is 9.11. The molecule has 0 heterocycles. The maximum absolute atomic E-state index is 11.9. The van der Waals surface area contributed by atoms with Gasteiger partial charge in [-0.2, -0.15) is 0 Å². The van der Waals surface area contributed by atoms with Crippen molar-refractivity contribution in [1.29, 1.82) is 0 Å². The molecule has 1 aromatic rings. The van der Waals surface area contributed by atoms with Gasteiger partial charge in [-0.1, -0.05) is 31.2 Å². The van der Waals surface area contributed by atoms with Gasteiger partial charge in [0.1, 0.15) is 5.60 Å². The van der Waals surface area contributed by atoms with Crippen LogP contribution in [0.3, 0.4) is 0 Å². The number of ether oxygens (including phenoxy) is 2. The Morgan fingerprint density at radius 1 is 1.11 bits per heavy atom. The molecule has 27 heavy (non-hydrogen) atoms. The quantitative estimate of drug-likeness (QED) is 0.679. The molecule has 1 atom stereocenters. The highest BCUT2D eigenvalue weighted by molar-refractivity contribution is 5.81. The van der Waals surface area contributed by atoms with Crippen LogP contribution in [-0.4, -0.2) is 36.7 Å². The normalized spacial score (nSPS) is 12.0. The molecule has 0 aromatic heterocycles. The van der Waals surface area contributed by atoms with Crippen molar-refractivity contribution in [3.63, 3.8) is 0 Å². The maximum atomic E-state index is 11.9. The van der Waals surface area contributed by atoms with Crippen molar-refractivity contribution in [3.8, 4) is 0 Å². The lowest BCUT2D eigenvalue weighted by atomic mass is 10.1. The zero-order valence-corrected chi connectivity index (χ0v) is 16.8. The largest absolute Gasteiger partial charge is 0.456 e. The van der Waals surface area contributed by atoms with Crippen molar-refractivity contribution >= 4 is 18.0 Å². The zero-order chi connectivity index (χ0) is 20.4. The van der Waals surface area contributed by atoms with Gasteiger partial charge in [0.2, 0.25) is 0 Å². The van der Waals surface area contributed by atoms with E-state index in [9.17, 15) is 14.4 Å². The van der Waals surface area contributed by atoms with E-state index in [1.54, 1.807) is 20.8 Å². The summed E-state index contributed by atoms with van der Waals surface area (Å²) in [7, 11) is 0. The van der Waals surface area contributed by atoms with Gasteiger partial charge in [0.15, 0.2) is 6.61 Å². The smallest absolute Gasteiger partial charge is 0.407 e. The second-order valence-corrected chi connectivity index (χ2v) is 7.22. The molecule has 0 spiro atoms. The summed E-state index contributed by atoms with van der Waals surface area (Å²) >= 11 is 0. The van der Waals surface area contributed by atoms with Crippen molar-refractivity contribution < 1.29 is 23.9 Å². The van der Waals surface area contributed by atoms with Crippen molar-refractivity contribution in [1.82, 2.24) is 10.6 Å². The first-order chi connectivity index (χ1) is 12.6. The molecule has 7 heteroatoms. The summed E-state index contributed by atoms with van der Waals surface area (Å²) in [6, 6.07) is 7.80. The highest BCUT2D eigenvalue weighted by Crippen LogP contribution is 2.13. The predicted octanol–water partition coefficient (Wildman–Crippen LogP) is 2.88. The summed E-state index contributed by atoms with van der Waals surface area (Å²) in [5, 5.41) is 5.24. The highest BCUT2D eigenvalue weighted by Gasteiger charge is 2.16. The van der Waals surface area contributed by atoms with Crippen molar-refractivity contribution in [2.75, 3.05) is 13.2 Å². The zero-order valence-electron chi connectivity index (χ0n) is 16.8. The Hall–Kier alpha value is -2.57. The van der Waals surface area contributed by atoms with Crippen LogP contribution in [0, 0.1) is 0 Å². The molecule has 0 aliphatic rings. The number of esters is 1. The van der Waals surface area contributed by atoms with Crippen molar-refractivity contribution in [2.45, 2.75) is 59.1 Å². The number of amides is 2. The number of carbonyl (C=O) groups excluding carboxylic acids is 3. The first kappa shape index (κ1) is 22.5. The fourth-order valence-electron chi connectivity index (χ4n) is 2.21. The lowest BCUT2D eigenvalue weighted by Gasteiger charge is -2.19. The van der Waals surface area contributed by atoms with Crippen LogP contribution in [-0.2, 0) is 25.5 Å². The SMILES string of the molecule is CCc1ccc([C@H](C)NC(=O)COC(=O)CCNC(=O)OC(C)(C)C)cc1. The summed E-state index contributed by atoms with van der Waals surface area (Å²) in [6.45, 7) is 8.91. The number of alkyl carbamates (subject to hydrolysis) is 1. The molecule has 0 bridgehead atoms. The summed E-state index contributed by atoms with van der Waals surface area (Å²) in [4.78, 5) is 35.0. The Morgan fingerprint density at radius 2 is 1.74 bits per heavy atom. The molecule has 1 aromatic carbocycles. The fourth-order valence-corrected chi connectivity index (χ4v) is 2.21. The molecule has 1 rings (SSSR count). The number of rotatable bonds is 8. The lowest BCUT2D eigenvalue weighted by molar-refractivity contribution is -0.148. The van der Waals surface area contributed by atoms with Crippen LogP contribution < -0.4 is 10.6 Å². The van der Waals surface area contributed by atoms with Gasteiger partial charge in [-0.15, -0.1) is 0 Å². The second kappa shape index (κ2) is 10.5. The molecule has 0 radical (unpaired) electrons. The second-order valence-electron chi connectivity index (χ2n) is 7.22. The molecular weight excluding hydrogens is 348 g/mol. The van der Waals surface area contributed by atoms with E-state index in [0.29, 0.717) is 0 Å². The first-order valence-electron chi connectivity index (χ1n) is 9.11. The molecule has 0 saturated heterocycles. The Bertz CT molecular complexity index is 635. The number of hydrogen-bond acceptors (Lipinski definition) is 5. The minimum atomic E-state index is -0.601. The van der Waals surface area contributed by atoms with E-state index in [0.717, 1.165) is 12.0 Å². The van der Waals surface area contributed by atoms with E-state index in [-0.39, 0.29) is 31.5 Å². The summed E-state index contributed by atoms with van der Waals surface area (Å²) < 4.78 is 9.97. The minimum Gasteiger partial charge on any atom is -0.456 e. The summed E-state index contributed by atoms with van der Waals surface area (Å²) in [5.74, 6) is -0.948. The molecule has 0 fully saturated rings. The summed E-state index contributed by atoms with van der Waals surface area (Å²) in [5.41, 5.74) is 1.61. The third kappa shape index (κ3) is 9.63. The van der Waals surface area contributed by atoms with Crippen molar-refractivity contribution in [3.05, 3.63) is 35.4 Å². The van der Waals surface area contributed by atoms with Crippen LogP contribution in [0.1, 0.15) is 58.2 Å². The lowest BCUT2D eigenvalue weighted by Crippen LogP contribution is -2.34. The summed E-state index contributed by atoms with van der Waals surface area (Å²) in [6.07, 6.45) is 0.316. The van der Waals surface area contributed by atoms with Crippen LogP contribution in [0.4, 0.5) is 4.79 Å². The van der Waals surface area contributed by atoms with E-state index in [2.05, 4.69) is 17.6 Å². The molecule has 2 N–H and O–H groups in total. The third-order valence-electron chi connectivity index (χ3n) is 3.63. The van der Waals surface area contributed by atoms with Gasteiger partial charge in [-0.25, -0.2) is 4.79 Å². The molecular formula is C20H30N2O5.